The minimum Gasteiger partial charge on any atom is -0.405 e. The molecule has 0 radical (unpaired) electrons. The Morgan fingerprint density at radius 2 is 1.75 bits per heavy atom. The molecule has 36 heavy (non-hydrogen) atoms. The van der Waals surface area contributed by atoms with Crippen LogP contribution in [0.2, 0.25) is 5.02 Å². The van der Waals surface area contributed by atoms with Gasteiger partial charge in [-0.25, -0.2) is 18.6 Å². The molecular formula is C20H13ClF8N4O2S. The van der Waals surface area contributed by atoms with E-state index >= 15 is 0 Å². The highest BCUT2D eigenvalue weighted by atomic mass is 35.5. The minimum absolute atomic E-state index is 0.336. The number of nitrogens with zero attached hydrogens (tertiary/aromatic N) is 3. The first-order valence-electron chi connectivity index (χ1n) is 9.63. The van der Waals surface area contributed by atoms with Gasteiger partial charge >= 0.3 is 18.4 Å². The van der Waals surface area contributed by atoms with Crippen molar-refractivity contribution >= 4 is 35.6 Å². The molecule has 1 amide bonds. The third-order valence-corrected chi connectivity index (χ3v) is 5.18. The second kappa shape index (κ2) is 9.69. The summed E-state index contributed by atoms with van der Waals surface area (Å²) >= 11 is 10.5. The van der Waals surface area contributed by atoms with Gasteiger partial charge in [-0.1, -0.05) is 11.6 Å². The first-order valence-corrected chi connectivity index (χ1v) is 10.4. The van der Waals surface area contributed by atoms with Gasteiger partial charge in [-0.05, 0) is 38.2 Å². The number of amides is 1. The van der Waals surface area contributed by atoms with Gasteiger partial charge in [0.15, 0.2) is 16.3 Å². The number of benzene rings is 1. The standard InChI is InChI=1S/C20H13ClF8N4O2S/c1-8(2)33(13-6-10(21)11(22)7-12(13)23)18(34)35-15-9(19(24,25)26)5-14(20(27,28)29)31-16(15)32-4-3-30-17(32)36/h3-8H,1-2H3,(H,30,36). The summed E-state index contributed by atoms with van der Waals surface area (Å²) in [6, 6.07) is -0.293. The molecule has 0 aliphatic carbocycles. The van der Waals surface area contributed by atoms with Gasteiger partial charge in [-0.15, -0.1) is 0 Å². The van der Waals surface area contributed by atoms with Gasteiger partial charge < -0.3 is 9.72 Å². The number of ether oxygens (including phenoxy) is 1. The second-order valence-electron chi connectivity index (χ2n) is 7.39. The minimum atomic E-state index is -5.46. The summed E-state index contributed by atoms with van der Waals surface area (Å²) in [5.74, 6) is -5.03. The number of H-pyrrole nitrogens is 1. The Balaban J connectivity index is 2.26. The molecule has 0 fully saturated rings. The first-order chi connectivity index (χ1) is 16.5. The van der Waals surface area contributed by atoms with E-state index in [-0.39, 0.29) is 10.8 Å². The lowest BCUT2D eigenvalue weighted by molar-refractivity contribution is -0.146. The van der Waals surface area contributed by atoms with E-state index in [9.17, 15) is 39.9 Å². The highest BCUT2D eigenvalue weighted by Gasteiger charge is 2.43. The molecule has 0 atom stereocenters. The molecule has 1 aromatic carbocycles. The van der Waals surface area contributed by atoms with Crippen molar-refractivity contribution in [1.82, 2.24) is 14.5 Å². The van der Waals surface area contributed by atoms with Gasteiger partial charge in [0.05, 0.1) is 10.7 Å². The lowest BCUT2D eigenvalue weighted by Gasteiger charge is -2.27. The average Bonchev–Trinajstić information content (AvgIpc) is 3.15. The van der Waals surface area contributed by atoms with Gasteiger partial charge in [0.1, 0.15) is 22.9 Å². The number of halogens is 9. The molecule has 2 aromatic heterocycles. The van der Waals surface area contributed by atoms with Crippen LogP contribution in [0.1, 0.15) is 25.1 Å². The molecule has 1 N–H and O–H groups in total. The number of pyridine rings is 1. The van der Waals surface area contributed by atoms with E-state index in [0.717, 1.165) is 12.4 Å². The highest BCUT2D eigenvalue weighted by Crippen LogP contribution is 2.43. The molecular weight excluding hydrogens is 548 g/mol. The Bertz CT molecular complexity index is 1370. The van der Waals surface area contributed by atoms with E-state index in [4.69, 9.17) is 28.6 Å². The molecule has 0 unspecified atom stereocenters. The number of alkyl halides is 6. The SMILES string of the molecule is CC(C)N(C(=O)Oc1c(C(F)(F)F)cc(C(F)(F)F)nc1-n1cc[nH]c1=S)c1cc(Cl)c(F)cc1F. The van der Waals surface area contributed by atoms with Crippen LogP contribution in [0.4, 0.5) is 45.6 Å². The van der Waals surface area contributed by atoms with Gasteiger partial charge in [0.25, 0.3) is 0 Å². The third kappa shape index (κ3) is 5.46. The van der Waals surface area contributed by atoms with Gasteiger partial charge in [-0.3, -0.25) is 9.47 Å². The van der Waals surface area contributed by atoms with E-state index in [1.807, 2.05) is 0 Å². The zero-order chi connectivity index (χ0) is 27.2. The maximum Gasteiger partial charge on any atom is 0.433 e. The van der Waals surface area contributed by atoms with E-state index in [2.05, 4.69) is 9.97 Å². The summed E-state index contributed by atoms with van der Waals surface area (Å²) in [4.78, 5) is 19.1. The van der Waals surface area contributed by atoms with Crippen LogP contribution in [0.15, 0.2) is 30.6 Å². The quantitative estimate of drug-likeness (QED) is 0.206. The van der Waals surface area contributed by atoms with Crippen LogP contribution in [-0.4, -0.2) is 26.7 Å². The van der Waals surface area contributed by atoms with Crippen LogP contribution < -0.4 is 9.64 Å². The maximum absolute atomic E-state index is 14.5. The van der Waals surface area contributed by atoms with Crippen molar-refractivity contribution in [3.63, 3.8) is 0 Å². The molecule has 0 saturated carbocycles. The van der Waals surface area contributed by atoms with E-state index in [1.165, 1.54) is 13.8 Å². The lowest BCUT2D eigenvalue weighted by Crippen LogP contribution is -2.40. The van der Waals surface area contributed by atoms with Crippen LogP contribution >= 0.6 is 23.8 Å². The zero-order valence-corrected chi connectivity index (χ0v) is 19.5. The van der Waals surface area contributed by atoms with Crippen molar-refractivity contribution < 1.29 is 44.7 Å². The number of imidazole rings is 1. The van der Waals surface area contributed by atoms with E-state index in [0.29, 0.717) is 21.6 Å². The van der Waals surface area contributed by atoms with Crippen LogP contribution in [0.25, 0.3) is 5.82 Å². The molecule has 0 saturated heterocycles. The molecule has 3 aromatic rings. The Labute approximate surface area is 207 Å². The van der Waals surface area contributed by atoms with Gasteiger partial charge in [-0.2, -0.15) is 26.3 Å². The number of rotatable bonds is 4. The fraction of sp³-hybridized carbons (Fsp3) is 0.250. The molecule has 16 heteroatoms. The molecule has 6 nitrogen and oxygen atoms in total. The van der Waals surface area contributed by atoms with Crippen molar-refractivity contribution in [2.75, 3.05) is 4.90 Å². The number of aromatic amines is 1. The van der Waals surface area contributed by atoms with Crippen LogP contribution in [-0.2, 0) is 12.4 Å². The van der Waals surface area contributed by atoms with Crippen molar-refractivity contribution in [3.05, 3.63) is 63.3 Å². The van der Waals surface area contributed by atoms with Crippen molar-refractivity contribution in [3.8, 4) is 11.6 Å². The fourth-order valence-electron chi connectivity index (χ4n) is 3.05. The normalized spacial score (nSPS) is 12.2. The Morgan fingerprint density at radius 1 is 1.11 bits per heavy atom. The molecule has 3 rings (SSSR count). The number of carbonyl (C=O) groups excluding carboxylic acids is 1. The Morgan fingerprint density at radius 3 is 2.25 bits per heavy atom. The number of anilines is 1. The number of aromatic nitrogens is 3. The number of nitrogens with one attached hydrogen (secondary N) is 1. The molecule has 0 aliphatic heterocycles. The van der Waals surface area contributed by atoms with Crippen molar-refractivity contribution in [2.24, 2.45) is 0 Å². The highest BCUT2D eigenvalue weighted by molar-refractivity contribution is 7.71. The average molecular weight is 561 g/mol. The maximum atomic E-state index is 14.5. The fourth-order valence-corrected chi connectivity index (χ4v) is 3.42. The van der Waals surface area contributed by atoms with Gasteiger partial charge in [0, 0.05) is 24.5 Å². The third-order valence-electron chi connectivity index (χ3n) is 4.58. The Hall–Kier alpha value is -3.20. The molecule has 194 valence electrons. The summed E-state index contributed by atoms with van der Waals surface area (Å²) in [6.45, 7) is 2.63. The summed E-state index contributed by atoms with van der Waals surface area (Å²) < 4.78 is 115. The Kier molecular flexibility index (Phi) is 7.37. The molecule has 0 spiro atoms. The van der Waals surface area contributed by atoms with Crippen molar-refractivity contribution in [1.29, 1.82) is 0 Å². The van der Waals surface area contributed by atoms with Crippen molar-refractivity contribution in [2.45, 2.75) is 32.2 Å². The predicted molar refractivity (Wildman–Crippen MR) is 114 cm³/mol. The van der Waals surface area contributed by atoms with Crippen LogP contribution in [0.5, 0.6) is 5.75 Å². The van der Waals surface area contributed by atoms with E-state index < -0.39 is 69.7 Å². The topological polar surface area (TPSA) is 63.2 Å². The van der Waals surface area contributed by atoms with Crippen LogP contribution in [0.3, 0.4) is 0 Å². The summed E-state index contributed by atoms with van der Waals surface area (Å²) in [7, 11) is 0. The summed E-state index contributed by atoms with van der Waals surface area (Å²) in [5.41, 5.74) is -4.60. The molecule has 0 bridgehead atoms. The smallest absolute Gasteiger partial charge is 0.405 e. The lowest BCUT2D eigenvalue weighted by atomic mass is 10.1. The summed E-state index contributed by atoms with van der Waals surface area (Å²) in [6.07, 6.45) is -10.4. The molecule has 0 aliphatic rings. The molecule has 2 heterocycles. The largest absolute Gasteiger partial charge is 0.433 e. The second-order valence-corrected chi connectivity index (χ2v) is 8.18. The summed E-state index contributed by atoms with van der Waals surface area (Å²) in [5, 5.41) is -0.614. The monoisotopic (exact) mass is 560 g/mol. The number of hydrogen-bond acceptors (Lipinski definition) is 4. The van der Waals surface area contributed by atoms with Crippen LogP contribution in [0, 0.1) is 16.4 Å². The van der Waals surface area contributed by atoms with Gasteiger partial charge in [0.2, 0.25) is 0 Å². The first kappa shape index (κ1) is 27.4. The number of hydrogen-bond donors (Lipinski definition) is 1. The van der Waals surface area contributed by atoms with E-state index in [1.54, 1.807) is 0 Å². The predicted octanol–water partition coefficient (Wildman–Crippen LogP) is 7.31. The number of carbonyl (C=O) groups is 1. The zero-order valence-electron chi connectivity index (χ0n) is 17.9.